The van der Waals surface area contributed by atoms with Gasteiger partial charge in [0.1, 0.15) is 5.58 Å². The highest BCUT2D eigenvalue weighted by Gasteiger charge is 2.05. The molecular weight excluding hydrogens is 268 g/mol. The predicted octanol–water partition coefficient (Wildman–Crippen LogP) is 3.50. The number of para-hydroxylation sites is 1. The highest BCUT2D eigenvalue weighted by atomic mass is 16.5. The Bertz CT molecular complexity index is 603. The number of benzene rings is 1. The van der Waals surface area contributed by atoms with Crippen molar-refractivity contribution in [2.24, 2.45) is 0 Å². The molecule has 1 heterocycles. The van der Waals surface area contributed by atoms with Gasteiger partial charge in [-0.3, -0.25) is 0 Å². The minimum atomic E-state index is -0.420. The number of hydrogen-bond acceptors (Lipinski definition) is 4. The summed E-state index contributed by atoms with van der Waals surface area (Å²) in [6, 6.07) is 9.14. The first-order valence-electron chi connectivity index (χ1n) is 7.58. The van der Waals surface area contributed by atoms with Crippen molar-refractivity contribution < 1.29 is 14.3 Å². The Kier molecular flexibility index (Phi) is 6.28. The van der Waals surface area contributed by atoms with Gasteiger partial charge in [-0.05, 0) is 25.0 Å². The second-order valence-electron chi connectivity index (χ2n) is 5.13. The molecule has 21 heavy (non-hydrogen) atoms. The van der Waals surface area contributed by atoms with Crippen LogP contribution in [-0.2, 0) is 0 Å². The van der Waals surface area contributed by atoms with Gasteiger partial charge in [0.15, 0.2) is 0 Å². The fourth-order valence-electron chi connectivity index (χ4n) is 2.25. The largest absolute Gasteiger partial charge is 0.487 e. The molecule has 0 aliphatic carbocycles. The van der Waals surface area contributed by atoms with Crippen LogP contribution < -0.4 is 10.4 Å². The SMILES string of the molecule is O=c1oc2ccccc2cc1OCCCCCCCCO. The molecule has 2 aromatic rings. The lowest BCUT2D eigenvalue weighted by Crippen LogP contribution is -2.07. The van der Waals surface area contributed by atoms with Crippen LogP contribution in [0.2, 0.25) is 0 Å². The van der Waals surface area contributed by atoms with E-state index in [-0.39, 0.29) is 12.4 Å². The molecule has 0 bridgehead atoms. The zero-order valence-electron chi connectivity index (χ0n) is 12.2. The minimum absolute atomic E-state index is 0.279. The highest BCUT2D eigenvalue weighted by Crippen LogP contribution is 2.16. The topological polar surface area (TPSA) is 59.7 Å². The molecule has 0 unspecified atom stereocenters. The summed E-state index contributed by atoms with van der Waals surface area (Å²) < 4.78 is 10.7. The molecular formula is C17H22O4. The third-order valence-corrected chi connectivity index (χ3v) is 3.42. The van der Waals surface area contributed by atoms with Crippen molar-refractivity contribution in [3.63, 3.8) is 0 Å². The van der Waals surface area contributed by atoms with Crippen molar-refractivity contribution in [2.45, 2.75) is 38.5 Å². The standard InChI is InChI=1S/C17H22O4/c18-11-7-3-1-2-4-8-12-20-16-13-14-9-5-6-10-15(14)21-17(16)19/h5-6,9-10,13,18H,1-4,7-8,11-12H2. The van der Waals surface area contributed by atoms with Crippen molar-refractivity contribution in [1.29, 1.82) is 0 Å². The van der Waals surface area contributed by atoms with Gasteiger partial charge in [-0.15, -0.1) is 0 Å². The molecule has 0 amide bonds. The van der Waals surface area contributed by atoms with Crippen molar-refractivity contribution in [3.8, 4) is 5.75 Å². The second-order valence-corrected chi connectivity index (χ2v) is 5.13. The van der Waals surface area contributed by atoms with Gasteiger partial charge in [0.05, 0.1) is 6.61 Å². The lowest BCUT2D eigenvalue weighted by molar-refractivity contribution is 0.278. The molecule has 0 atom stereocenters. The van der Waals surface area contributed by atoms with Crippen LogP contribution in [0.3, 0.4) is 0 Å². The van der Waals surface area contributed by atoms with Crippen molar-refractivity contribution in [1.82, 2.24) is 0 Å². The second kappa shape index (κ2) is 8.47. The average Bonchev–Trinajstić information content (AvgIpc) is 2.50. The predicted molar refractivity (Wildman–Crippen MR) is 82.8 cm³/mol. The van der Waals surface area contributed by atoms with Gasteiger partial charge < -0.3 is 14.3 Å². The number of rotatable bonds is 9. The van der Waals surface area contributed by atoms with E-state index in [9.17, 15) is 4.79 Å². The zero-order chi connectivity index (χ0) is 14.9. The molecule has 0 spiro atoms. The Labute approximate surface area is 124 Å². The number of aliphatic hydroxyl groups excluding tert-OH is 1. The summed E-state index contributed by atoms with van der Waals surface area (Å²) in [6.45, 7) is 0.809. The first-order chi connectivity index (χ1) is 10.3. The monoisotopic (exact) mass is 290 g/mol. The van der Waals surface area contributed by atoms with Gasteiger partial charge in [-0.2, -0.15) is 0 Å². The Balaban J connectivity index is 1.76. The lowest BCUT2D eigenvalue weighted by Gasteiger charge is -2.05. The van der Waals surface area contributed by atoms with Crippen molar-refractivity contribution in [3.05, 3.63) is 40.8 Å². The van der Waals surface area contributed by atoms with E-state index in [1.165, 1.54) is 0 Å². The van der Waals surface area contributed by atoms with E-state index in [2.05, 4.69) is 0 Å². The van der Waals surface area contributed by atoms with E-state index >= 15 is 0 Å². The summed E-state index contributed by atoms with van der Waals surface area (Å²) in [4.78, 5) is 11.8. The van der Waals surface area contributed by atoms with Gasteiger partial charge >= 0.3 is 5.63 Å². The van der Waals surface area contributed by atoms with Crippen LogP contribution in [0, 0.1) is 0 Å². The summed E-state index contributed by atoms with van der Waals surface area (Å²) in [5.41, 5.74) is 0.162. The number of unbranched alkanes of at least 4 members (excludes halogenated alkanes) is 5. The van der Waals surface area contributed by atoms with E-state index in [1.807, 2.05) is 18.2 Å². The Morgan fingerprint density at radius 1 is 1.00 bits per heavy atom. The summed E-state index contributed by atoms with van der Waals surface area (Å²) in [7, 11) is 0. The van der Waals surface area contributed by atoms with Crippen molar-refractivity contribution >= 4 is 11.0 Å². The third-order valence-electron chi connectivity index (χ3n) is 3.42. The van der Waals surface area contributed by atoms with E-state index < -0.39 is 5.63 Å². The molecule has 0 aliphatic heterocycles. The fourth-order valence-corrected chi connectivity index (χ4v) is 2.25. The maximum Gasteiger partial charge on any atom is 0.379 e. The maximum absolute atomic E-state index is 11.8. The zero-order valence-corrected chi connectivity index (χ0v) is 12.2. The number of ether oxygens (including phenoxy) is 1. The van der Waals surface area contributed by atoms with Crippen LogP contribution in [0.1, 0.15) is 38.5 Å². The molecule has 114 valence electrons. The molecule has 1 aromatic carbocycles. The molecule has 4 heteroatoms. The van der Waals surface area contributed by atoms with Crippen LogP contribution in [0.5, 0.6) is 5.75 Å². The lowest BCUT2D eigenvalue weighted by atomic mass is 10.1. The van der Waals surface area contributed by atoms with Crippen LogP contribution in [-0.4, -0.2) is 18.3 Å². The summed E-state index contributed by atoms with van der Waals surface area (Å²) in [6.07, 6.45) is 6.23. The van der Waals surface area contributed by atoms with Gasteiger partial charge in [0.2, 0.25) is 5.75 Å². The van der Waals surface area contributed by atoms with Crippen LogP contribution in [0.4, 0.5) is 0 Å². The first kappa shape index (κ1) is 15.6. The van der Waals surface area contributed by atoms with Gasteiger partial charge in [-0.25, -0.2) is 4.79 Å². The molecule has 0 saturated carbocycles. The van der Waals surface area contributed by atoms with Crippen LogP contribution >= 0.6 is 0 Å². The van der Waals surface area contributed by atoms with E-state index in [0.717, 1.165) is 43.9 Å². The Morgan fingerprint density at radius 2 is 1.71 bits per heavy atom. The fraction of sp³-hybridized carbons (Fsp3) is 0.471. The normalized spacial score (nSPS) is 10.9. The number of aliphatic hydroxyl groups is 1. The quantitative estimate of drug-likeness (QED) is 0.567. The van der Waals surface area contributed by atoms with E-state index in [1.54, 1.807) is 12.1 Å². The third kappa shape index (κ3) is 4.90. The summed E-state index contributed by atoms with van der Waals surface area (Å²) in [5.74, 6) is 0.286. The molecule has 4 nitrogen and oxygen atoms in total. The number of hydrogen-bond donors (Lipinski definition) is 1. The molecule has 1 N–H and O–H groups in total. The smallest absolute Gasteiger partial charge is 0.379 e. The molecule has 0 saturated heterocycles. The van der Waals surface area contributed by atoms with E-state index in [0.29, 0.717) is 12.2 Å². The van der Waals surface area contributed by atoms with Gasteiger partial charge in [0.25, 0.3) is 0 Å². The summed E-state index contributed by atoms with van der Waals surface area (Å²) in [5, 5.41) is 9.55. The van der Waals surface area contributed by atoms with Gasteiger partial charge in [0, 0.05) is 12.0 Å². The molecule has 0 fully saturated rings. The Hall–Kier alpha value is -1.81. The molecule has 0 aliphatic rings. The summed E-state index contributed by atoms with van der Waals surface area (Å²) >= 11 is 0. The molecule has 1 aromatic heterocycles. The van der Waals surface area contributed by atoms with Crippen LogP contribution in [0.15, 0.2) is 39.5 Å². The minimum Gasteiger partial charge on any atom is -0.487 e. The van der Waals surface area contributed by atoms with Gasteiger partial charge in [-0.1, -0.05) is 43.9 Å². The molecule has 0 radical (unpaired) electrons. The van der Waals surface area contributed by atoms with Crippen molar-refractivity contribution in [2.75, 3.05) is 13.2 Å². The first-order valence-corrected chi connectivity index (χ1v) is 7.58. The van der Waals surface area contributed by atoms with Crippen LogP contribution in [0.25, 0.3) is 11.0 Å². The average molecular weight is 290 g/mol. The molecule has 2 rings (SSSR count). The van der Waals surface area contributed by atoms with E-state index in [4.69, 9.17) is 14.3 Å². The highest BCUT2D eigenvalue weighted by molar-refractivity contribution is 5.77. The Morgan fingerprint density at radius 3 is 2.52 bits per heavy atom. The maximum atomic E-state index is 11.8. The number of fused-ring (bicyclic) bond motifs is 1.